The van der Waals surface area contributed by atoms with Crippen molar-refractivity contribution >= 4 is 40.1 Å². The van der Waals surface area contributed by atoms with Crippen LogP contribution < -0.4 is 19.5 Å². The Balaban J connectivity index is 1.72. The SMILES string of the molecule is COc1ccc2c(c1)C(CC(=O)NCc1ccco1)=C(C)C2=Cc1cc(OC)c(SC(=O)N(C)C)c(OC)c1. The lowest BCUT2D eigenvalue weighted by atomic mass is 10.00. The van der Waals surface area contributed by atoms with Gasteiger partial charge < -0.3 is 28.8 Å². The number of ether oxygens (including phenoxy) is 3. The quantitative estimate of drug-likeness (QED) is 0.323. The van der Waals surface area contributed by atoms with Crippen LogP contribution in [0.4, 0.5) is 4.79 Å². The zero-order valence-electron chi connectivity index (χ0n) is 22.9. The van der Waals surface area contributed by atoms with E-state index in [0.717, 1.165) is 45.2 Å². The van der Waals surface area contributed by atoms with Gasteiger partial charge in [-0.1, -0.05) is 6.07 Å². The largest absolute Gasteiger partial charge is 0.497 e. The number of rotatable bonds is 9. The van der Waals surface area contributed by atoms with Crippen molar-refractivity contribution in [3.8, 4) is 17.2 Å². The van der Waals surface area contributed by atoms with Crippen LogP contribution in [-0.2, 0) is 11.3 Å². The van der Waals surface area contributed by atoms with Crippen LogP contribution in [0.1, 0.15) is 35.8 Å². The minimum atomic E-state index is -0.134. The fourth-order valence-electron chi connectivity index (χ4n) is 4.37. The van der Waals surface area contributed by atoms with E-state index >= 15 is 0 Å². The van der Waals surface area contributed by atoms with Crippen LogP contribution in [0.15, 0.2) is 63.6 Å². The average molecular weight is 549 g/mol. The summed E-state index contributed by atoms with van der Waals surface area (Å²) in [6.07, 6.45) is 3.83. The fraction of sp³-hybridized carbons (Fsp3) is 0.267. The Morgan fingerprint density at radius 1 is 1.00 bits per heavy atom. The van der Waals surface area contributed by atoms with E-state index in [1.807, 2.05) is 49.4 Å². The molecule has 1 aromatic heterocycles. The number of allylic oxidation sites excluding steroid dienone is 2. The van der Waals surface area contributed by atoms with Crippen LogP contribution in [0.25, 0.3) is 17.2 Å². The highest BCUT2D eigenvalue weighted by atomic mass is 32.2. The average Bonchev–Trinajstić information content (AvgIpc) is 3.54. The molecule has 0 aliphatic heterocycles. The zero-order valence-corrected chi connectivity index (χ0v) is 23.7. The molecule has 8 nitrogen and oxygen atoms in total. The summed E-state index contributed by atoms with van der Waals surface area (Å²) in [7, 11) is 8.15. The summed E-state index contributed by atoms with van der Waals surface area (Å²) < 4.78 is 22.1. The lowest BCUT2D eigenvalue weighted by Gasteiger charge is -2.16. The van der Waals surface area contributed by atoms with E-state index in [-0.39, 0.29) is 17.6 Å². The van der Waals surface area contributed by atoms with E-state index in [9.17, 15) is 9.59 Å². The topological polar surface area (TPSA) is 90.2 Å². The van der Waals surface area contributed by atoms with E-state index in [2.05, 4.69) is 5.32 Å². The first-order chi connectivity index (χ1) is 18.7. The normalized spacial score (nSPS) is 13.3. The summed E-state index contributed by atoms with van der Waals surface area (Å²) in [5.41, 5.74) is 5.69. The van der Waals surface area contributed by atoms with Gasteiger partial charge in [0.05, 0.1) is 40.6 Å². The molecule has 0 radical (unpaired) electrons. The molecule has 1 heterocycles. The van der Waals surface area contributed by atoms with Gasteiger partial charge in [-0.05, 0) is 94.6 Å². The van der Waals surface area contributed by atoms with Gasteiger partial charge in [-0.15, -0.1) is 0 Å². The second kappa shape index (κ2) is 12.2. The minimum Gasteiger partial charge on any atom is -0.497 e. The standard InChI is InChI=1S/C30H32N2O6S/c1-18-23(12-19-13-26(36-5)29(27(14-19)37-6)39-30(34)32(2)3)22-10-9-20(35-4)15-25(22)24(18)16-28(33)31-17-21-8-7-11-38-21/h7-15H,16-17H2,1-6H3,(H,31,33). The van der Waals surface area contributed by atoms with Crippen molar-refractivity contribution in [2.75, 3.05) is 35.4 Å². The molecular weight excluding hydrogens is 516 g/mol. The molecule has 4 rings (SSSR count). The van der Waals surface area contributed by atoms with Crippen molar-refractivity contribution in [1.29, 1.82) is 0 Å². The van der Waals surface area contributed by atoms with Gasteiger partial charge in [-0.2, -0.15) is 0 Å². The van der Waals surface area contributed by atoms with E-state index in [1.54, 1.807) is 47.8 Å². The Bertz CT molecular complexity index is 1410. The van der Waals surface area contributed by atoms with Crippen LogP contribution in [-0.4, -0.2) is 51.5 Å². The number of thioether (sulfide) groups is 1. The smallest absolute Gasteiger partial charge is 0.286 e. The molecule has 0 saturated carbocycles. The molecule has 0 bridgehead atoms. The maximum absolute atomic E-state index is 12.9. The molecule has 0 spiro atoms. The first-order valence-electron chi connectivity index (χ1n) is 12.3. The second-order valence-corrected chi connectivity index (χ2v) is 10.1. The number of fused-ring (bicyclic) bond motifs is 1. The summed E-state index contributed by atoms with van der Waals surface area (Å²) in [6.45, 7) is 2.34. The van der Waals surface area contributed by atoms with E-state index in [1.165, 1.54) is 4.90 Å². The molecule has 0 atom stereocenters. The van der Waals surface area contributed by atoms with Crippen LogP contribution >= 0.6 is 11.8 Å². The van der Waals surface area contributed by atoms with E-state index < -0.39 is 0 Å². The molecule has 2 aromatic carbocycles. The number of benzene rings is 2. The van der Waals surface area contributed by atoms with Crippen LogP contribution in [0.2, 0.25) is 0 Å². The summed E-state index contributed by atoms with van der Waals surface area (Å²) in [5.74, 6) is 2.37. The van der Waals surface area contributed by atoms with Gasteiger partial charge in [0.25, 0.3) is 5.24 Å². The number of nitrogens with zero attached hydrogens (tertiary/aromatic N) is 1. The molecule has 204 valence electrons. The molecular formula is C30H32N2O6S. The third-order valence-electron chi connectivity index (χ3n) is 6.42. The number of nitrogens with one attached hydrogen (secondary N) is 1. The summed E-state index contributed by atoms with van der Waals surface area (Å²) >= 11 is 1.05. The lowest BCUT2D eigenvalue weighted by Crippen LogP contribution is -2.22. The summed E-state index contributed by atoms with van der Waals surface area (Å²) in [6, 6.07) is 13.3. The number of carbonyl (C=O) groups is 2. The Morgan fingerprint density at radius 3 is 2.31 bits per heavy atom. The number of amides is 2. The highest BCUT2D eigenvalue weighted by molar-refractivity contribution is 8.13. The van der Waals surface area contributed by atoms with Gasteiger partial charge in [0, 0.05) is 14.1 Å². The van der Waals surface area contributed by atoms with Crippen molar-refractivity contribution < 1.29 is 28.2 Å². The Kier molecular flexibility index (Phi) is 8.71. The predicted molar refractivity (Wildman–Crippen MR) is 153 cm³/mol. The Hall–Kier alpha value is -4.11. The second-order valence-electron chi connectivity index (χ2n) is 9.12. The van der Waals surface area contributed by atoms with Gasteiger partial charge >= 0.3 is 0 Å². The fourth-order valence-corrected chi connectivity index (χ4v) is 5.21. The zero-order chi connectivity index (χ0) is 28.1. The first kappa shape index (κ1) is 27.9. The molecule has 2 amide bonds. The Morgan fingerprint density at radius 2 is 1.72 bits per heavy atom. The van der Waals surface area contributed by atoms with Crippen LogP contribution in [0.3, 0.4) is 0 Å². The third kappa shape index (κ3) is 6.15. The third-order valence-corrected chi connectivity index (χ3v) is 7.57. The van der Waals surface area contributed by atoms with Crippen LogP contribution in [0, 0.1) is 0 Å². The van der Waals surface area contributed by atoms with Gasteiger partial charge in [-0.3, -0.25) is 9.59 Å². The van der Waals surface area contributed by atoms with Crippen molar-refractivity contribution in [3.63, 3.8) is 0 Å². The van der Waals surface area contributed by atoms with E-state index in [0.29, 0.717) is 34.4 Å². The van der Waals surface area contributed by atoms with Crippen molar-refractivity contribution in [2.24, 2.45) is 0 Å². The number of carbonyl (C=O) groups excluding carboxylic acids is 2. The molecule has 0 saturated heterocycles. The van der Waals surface area contributed by atoms with Gasteiger partial charge in [0.1, 0.15) is 27.9 Å². The summed E-state index contributed by atoms with van der Waals surface area (Å²) in [5, 5.41) is 2.80. The number of methoxy groups -OCH3 is 3. The first-order valence-corrected chi connectivity index (χ1v) is 13.1. The predicted octanol–water partition coefficient (Wildman–Crippen LogP) is 6.11. The summed E-state index contributed by atoms with van der Waals surface area (Å²) in [4.78, 5) is 27.4. The molecule has 1 aliphatic carbocycles. The maximum atomic E-state index is 12.9. The van der Waals surface area contributed by atoms with Crippen molar-refractivity contribution in [3.05, 3.63) is 76.8 Å². The maximum Gasteiger partial charge on any atom is 0.286 e. The highest BCUT2D eigenvalue weighted by Gasteiger charge is 2.26. The molecule has 0 fully saturated rings. The number of hydrogen-bond donors (Lipinski definition) is 1. The van der Waals surface area contributed by atoms with Crippen LogP contribution in [0.5, 0.6) is 17.2 Å². The van der Waals surface area contributed by atoms with Crippen molar-refractivity contribution in [2.45, 2.75) is 24.8 Å². The molecule has 1 aliphatic rings. The molecule has 1 N–H and O–H groups in total. The molecule has 3 aromatic rings. The Labute approximate surface area is 232 Å². The number of hydrogen-bond acceptors (Lipinski definition) is 7. The van der Waals surface area contributed by atoms with Gasteiger partial charge in [0.2, 0.25) is 5.91 Å². The number of furan rings is 1. The molecule has 0 unspecified atom stereocenters. The highest BCUT2D eigenvalue weighted by Crippen LogP contribution is 2.46. The van der Waals surface area contributed by atoms with E-state index in [4.69, 9.17) is 18.6 Å². The molecule has 39 heavy (non-hydrogen) atoms. The molecule has 9 heteroatoms. The monoisotopic (exact) mass is 548 g/mol. The van der Waals surface area contributed by atoms with Gasteiger partial charge in [-0.25, -0.2) is 0 Å². The van der Waals surface area contributed by atoms with Gasteiger partial charge in [0.15, 0.2) is 0 Å². The minimum absolute atomic E-state index is 0.106. The lowest BCUT2D eigenvalue weighted by molar-refractivity contribution is -0.120. The van der Waals surface area contributed by atoms with Crippen molar-refractivity contribution in [1.82, 2.24) is 10.2 Å².